The molecular weight excluding hydrogens is 252 g/mol. The Morgan fingerprint density at radius 2 is 2.32 bits per heavy atom. The van der Waals surface area contributed by atoms with Crippen molar-refractivity contribution in [2.24, 2.45) is 7.05 Å². The van der Waals surface area contributed by atoms with Gasteiger partial charge >= 0.3 is 5.97 Å². The van der Waals surface area contributed by atoms with Gasteiger partial charge in [-0.2, -0.15) is 5.10 Å². The summed E-state index contributed by atoms with van der Waals surface area (Å²) >= 11 is 0. The van der Waals surface area contributed by atoms with Crippen LogP contribution in [0.25, 0.3) is 0 Å². The Hall–Kier alpha value is -2.09. The number of hydrogen-bond donors (Lipinski definition) is 1. The minimum Gasteiger partial charge on any atom is -0.467 e. The van der Waals surface area contributed by atoms with Crippen molar-refractivity contribution < 1.29 is 19.1 Å². The first-order valence-corrected chi connectivity index (χ1v) is 5.80. The molecule has 8 nitrogen and oxygen atoms in total. The van der Waals surface area contributed by atoms with Crippen LogP contribution in [0.2, 0.25) is 0 Å². The number of hydrogen-bond acceptors (Lipinski definition) is 6. The molecule has 2 rings (SSSR count). The number of morpholine rings is 1. The maximum atomic E-state index is 12.5. The van der Waals surface area contributed by atoms with Crippen LogP contribution in [0.15, 0.2) is 6.20 Å². The van der Waals surface area contributed by atoms with Crippen molar-refractivity contribution in [3.8, 4) is 0 Å². The Balaban J connectivity index is 2.28. The average molecular weight is 268 g/mol. The molecular formula is C11H16N4O4. The lowest BCUT2D eigenvalue weighted by Crippen LogP contribution is -2.53. The van der Waals surface area contributed by atoms with Crippen LogP contribution in [0, 0.1) is 0 Å². The third-order valence-corrected chi connectivity index (χ3v) is 3.03. The molecule has 2 N–H and O–H groups in total. The van der Waals surface area contributed by atoms with Crippen molar-refractivity contribution in [3.05, 3.63) is 11.9 Å². The van der Waals surface area contributed by atoms with Gasteiger partial charge in [-0.1, -0.05) is 0 Å². The summed E-state index contributed by atoms with van der Waals surface area (Å²) in [5, 5.41) is 3.92. The van der Waals surface area contributed by atoms with Crippen molar-refractivity contribution in [1.82, 2.24) is 14.7 Å². The lowest BCUT2D eigenvalue weighted by atomic mass is 10.2. The number of ether oxygens (including phenoxy) is 2. The maximum Gasteiger partial charge on any atom is 0.331 e. The number of esters is 1. The van der Waals surface area contributed by atoms with E-state index in [9.17, 15) is 9.59 Å². The first-order valence-electron chi connectivity index (χ1n) is 5.80. The largest absolute Gasteiger partial charge is 0.467 e. The molecule has 1 aromatic heterocycles. The highest BCUT2D eigenvalue weighted by Gasteiger charge is 2.35. The molecule has 0 radical (unpaired) electrons. The van der Waals surface area contributed by atoms with Gasteiger partial charge in [-0.15, -0.1) is 0 Å². The van der Waals surface area contributed by atoms with Crippen LogP contribution in [0.3, 0.4) is 0 Å². The van der Waals surface area contributed by atoms with Gasteiger partial charge in [0.2, 0.25) is 0 Å². The van der Waals surface area contributed by atoms with E-state index in [1.807, 2.05) is 0 Å². The molecule has 1 saturated heterocycles. The Morgan fingerprint density at radius 3 is 2.89 bits per heavy atom. The monoisotopic (exact) mass is 268 g/mol. The van der Waals surface area contributed by atoms with Gasteiger partial charge in [0, 0.05) is 13.6 Å². The quantitative estimate of drug-likeness (QED) is 0.692. The fourth-order valence-corrected chi connectivity index (χ4v) is 2.03. The SMILES string of the molecule is COC(=O)C1COCCN1C(=O)c1c(N)cnn1C. The molecule has 1 unspecified atom stereocenters. The molecule has 104 valence electrons. The molecule has 1 aliphatic heterocycles. The lowest BCUT2D eigenvalue weighted by molar-refractivity contribution is -0.151. The zero-order valence-electron chi connectivity index (χ0n) is 10.8. The summed E-state index contributed by atoms with van der Waals surface area (Å²) in [6.45, 7) is 0.802. The van der Waals surface area contributed by atoms with Gasteiger partial charge in [-0.25, -0.2) is 4.79 Å². The molecule has 0 aliphatic carbocycles. The van der Waals surface area contributed by atoms with E-state index in [0.717, 1.165) is 0 Å². The second-order valence-corrected chi connectivity index (χ2v) is 4.18. The highest BCUT2D eigenvalue weighted by molar-refractivity contribution is 5.99. The highest BCUT2D eigenvalue weighted by atomic mass is 16.5. The number of aryl methyl sites for hydroxylation is 1. The molecule has 8 heteroatoms. The predicted molar refractivity (Wildman–Crippen MR) is 65.3 cm³/mol. The number of nitrogens with zero attached hydrogens (tertiary/aromatic N) is 3. The van der Waals surface area contributed by atoms with E-state index in [0.29, 0.717) is 13.2 Å². The smallest absolute Gasteiger partial charge is 0.331 e. The average Bonchev–Trinajstić information content (AvgIpc) is 2.76. The van der Waals surface area contributed by atoms with Gasteiger partial charge in [0.05, 0.1) is 32.2 Å². The van der Waals surface area contributed by atoms with Gasteiger partial charge in [0.15, 0.2) is 6.04 Å². The van der Waals surface area contributed by atoms with E-state index in [-0.39, 0.29) is 23.9 Å². The van der Waals surface area contributed by atoms with Gasteiger partial charge in [0.1, 0.15) is 5.69 Å². The summed E-state index contributed by atoms with van der Waals surface area (Å²) in [6.07, 6.45) is 1.40. The molecule has 1 atom stereocenters. The number of nitrogen functional groups attached to an aromatic ring is 1. The summed E-state index contributed by atoms with van der Waals surface area (Å²) in [6, 6.07) is -0.749. The third kappa shape index (κ3) is 2.39. The van der Waals surface area contributed by atoms with Gasteiger partial charge in [-0.05, 0) is 0 Å². The maximum absolute atomic E-state index is 12.5. The van der Waals surface area contributed by atoms with E-state index in [1.54, 1.807) is 7.05 Å². The summed E-state index contributed by atoms with van der Waals surface area (Å²) in [5.74, 6) is -0.856. The molecule has 1 aromatic rings. The Kier molecular flexibility index (Phi) is 3.70. The Labute approximate surface area is 110 Å². The first-order chi connectivity index (χ1) is 9.06. The van der Waals surface area contributed by atoms with Gasteiger partial charge in [0.25, 0.3) is 5.91 Å². The van der Waals surface area contributed by atoms with Crippen molar-refractivity contribution in [2.75, 3.05) is 32.6 Å². The van der Waals surface area contributed by atoms with Crippen LogP contribution in [-0.2, 0) is 21.3 Å². The fourth-order valence-electron chi connectivity index (χ4n) is 2.03. The van der Waals surface area contributed by atoms with Crippen molar-refractivity contribution in [2.45, 2.75) is 6.04 Å². The summed E-state index contributed by atoms with van der Waals surface area (Å²) in [7, 11) is 2.90. The van der Waals surface area contributed by atoms with E-state index in [2.05, 4.69) is 9.84 Å². The molecule has 2 heterocycles. The van der Waals surface area contributed by atoms with Gasteiger partial charge in [-0.3, -0.25) is 9.48 Å². The van der Waals surface area contributed by atoms with Crippen LogP contribution in [0.5, 0.6) is 0 Å². The number of carbonyl (C=O) groups excluding carboxylic acids is 2. The van der Waals surface area contributed by atoms with E-state index >= 15 is 0 Å². The molecule has 0 spiro atoms. The molecule has 0 saturated carbocycles. The minimum absolute atomic E-state index is 0.121. The Bertz CT molecular complexity index is 479. The highest BCUT2D eigenvalue weighted by Crippen LogP contribution is 2.17. The van der Waals surface area contributed by atoms with Crippen LogP contribution in [0.1, 0.15) is 10.5 Å². The number of nitrogens with two attached hydrogens (primary N) is 1. The zero-order chi connectivity index (χ0) is 14.0. The number of rotatable bonds is 2. The second kappa shape index (κ2) is 5.27. The zero-order valence-corrected chi connectivity index (χ0v) is 10.8. The second-order valence-electron chi connectivity index (χ2n) is 4.18. The summed E-state index contributed by atoms with van der Waals surface area (Å²) in [5.41, 5.74) is 6.26. The van der Waals surface area contributed by atoms with E-state index in [1.165, 1.54) is 22.9 Å². The third-order valence-electron chi connectivity index (χ3n) is 3.03. The van der Waals surface area contributed by atoms with E-state index in [4.69, 9.17) is 10.5 Å². The fraction of sp³-hybridized carbons (Fsp3) is 0.545. The molecule has 1 amide bonds. The first kappa shape index (κ1) is 13.3. The van der Waals surface area contributed by atoms with Crippen LogP contribution >= 0.6 is 0 Å². The number of anilines is 1. The minimum atomic E-state index is -0.749. The van der Waals surface area contributed by atoms with Crippen LogP contribution < -0.4 is 5.73 Å². The van der Waals surface area contributed by atoms with Crippen molar-refractivity contribution in [3.63, 3.8) is 0 Å². The predicted octanol–water partition coefficient (Wildman–Crippen LogP) is -0.984. The van der Waals surface area contributed by atoms with E-state index < -0.39 is 12.0 Å². The number of amides is 1. The molecule has 0 aromatic carbocycles. The topological polar surface area (TPSA) is 99.7 Å². The summed E-state index contributed by atoms with van der Waals surface area (Å²) < 4.78 is 11.3. The lowest BCUT2D eigenvalue weighted by Gasteiger charge is -2.33. The molecule has 0 bridgehead atoms. The molecule has 1 fully saturated rings. The van der Waals surface area contributed by atoms with Gasteiger partial charge < -0.3 is 20.1 Å². The molecule has 1 aliphatic rings. The van der Waals surface area contributed by atoms with Crippen LogP contribution in [-0.4, -0.2) is 59.5 Å². The van der Waals surface area contributed by atoms with Crippen molar-refractivity contribution in [1.29, 1.82) is 0 Å². The summed E-state index contributed by atoms with van der Waals surface area (Å²) in [4.78, 5) is 25.5. The molecule has 19 heavy (non-hydrogen) atoms. The normalized spacial score (nSPS) is 19.3. The van der Waals surface area contributed by atoms with Crippen molar-refractivity contribution >= 4 is 17.6 Å². The Morgan fingerprint density at radius 1 is 1.58 bits per heavy atom. The number of carbonyl (C=O) groups is 2. The number of methoxy groups -OCH3 is 1. The standard InChI is InChI=1S/C11H16N4O4/c1-14-9(7(12)5-13-14)10(16)15-3-4-19-6-8(15)11(17)18-2/h5,8H,3-4,6,12H2,1-2H3. The van der Waals surface area contributed by atoms with Crippen LogP contribution in [0.4, 0.5) is 5.69 Å². The number of aromatic nitrogens is 2.